The lowest BCUT2D eigenvalue weighted by atomic mass is 9.45. The SMILES string of the molecule is CC(C)(C)OO[C@]12C3=C4[C@]5(OOC(C)(C)C)c6c1c1c7c2c2c8c9c%10c%11c%12c%13c%14c%15c%16c%17c(c5c5c6c6c1c1c%18c7c8c7c8c9c%12c9c%12c%13c%16c%13c%16c%17c5c5c6c1c1c(c%187)c(c89)c(c%13%12)c1c5%16)[C@@]%15(OOC(C)(C)C)[C@]4(OO)O[C@@](NO)([C@@H]3[C@@]2%10OOC(C)(C)C)[C@@]%11%14OOC(C)(C)C. The predicted molar refractivity (Wildman–Crippen MR) is 357 cm³/mol. The van der Waals surface area contributed by atoms with Crippen LogP contribution in [-0.4, -0.2) is 50.0 Å². The lowest BCUT2D eigenvalue weighted by Gasteiger charge is -2.69. The summed E-state index contributed by atoms with van der Waals surface area (Å²) in [7, 11) is 0. The summed E-state index contributed by atoms with van der Waals surface area (Å²) in [6.45, 7) is 30.0. The van der Waals surface area contributed by atoms with E-state index in [0.29, 0.717) is 33.4 Å². The van der Waals surface area contributed by atoms with Gasteiger partial charge in [-0.25, -0.2) is 54.1 Å². The number of nitrogens with one attached hydrogen (secondary N) is 1. The summed E-state index contributed by atoms with van der Waals surface area (Å²) in [5.41, 5.74) is -5.76. The molecule has 21 aromatic carbocycles. The molecule has 0 aromatic heterocycles. The van der Waals surface area contributed by atoms with Crippen LogP contribution in [0.5, 0.6) is 0 Å². The van der Waals surface area contributed by atoms with Crippen LogP contribution in [0.1, 0.15) is 159 Å². The Bertz CT molecular complexity index is 7570. The fourth-order valence-corrected chi connectivity index (χ4v) is 26.5. The van der Waals surface area contributed by atoms with Crippen molar-refractivity contribution in [3.8, 4) is 0 Å². The molecule has 8 atom stereocenters. The molecule has 1 heterocycles. The van der Waals surface area contributed by atoms with E-state index in [1.54, 1.807) is 0 Å². The van der Waals surface area contributed by atoms with E-state index in [1.165, 1.54) is 140 Å². The van der Waals surface area contributed by atoms with Crippen LogP contribution in [0, 0.1) is 5.92 Å². The second-order valence-corrected chi connectivity index (χ2v) is 36.5. The molecule has 0 fully saturated rings. The highest BCUT2D eigenvalue weighted by Crippen LogP contribution is 2.91. The van der Waals surface area contributed by atoms with E-state index < -0.39 is 73.4 Å². The van der Waals surface area contributed by atoms with Gasteiger partial charge in [0.2, 0.25) is 11.2 Å². The molecule has 15 heteroatoms. The molecule has 9 aliphatic carbocycles. The fourth-order valence-electron chi connectivity index (χ4n) is 26.5. The molecular weight excluding hydrogens is 1200 g/mol. The molecule has 15 nitrogen and oxygen atoms in total. The van der Waals surface area contributed by atoms with Crippen LogP contribution < -0.4 is 5.48 Å². The molecule has 458 valence electrons. The van der Waals surface area contributed by atoms with Gasteiger partial charge in [0, 0.05) is 61.2 Å². The highest BCUT2D eigenvalue weighted by molar-refractivity contribution is 6.77. The number of fused-ring (bicyclic) bond motifs is 5. The van der Waals surface area contributed by atoms with Gasteiger partial charge in [-0.15, -0.1) is 0 Å². The van der Waals surface area contributed by atoms with Crippen molar-refractivity contribution in [1.29, 1.82) is 0 Å². The molecule has 31 rings (SSSR count). The van der Waals surface area contributed by atoms with Crippen molar-refractivity contribution < 1.29 is 69.0 Å². The number of hydrogen-bond acceptors (Lipinski definition) is 15. The lowest BCUT2D eigenvalue weighted by Crippen LogP contribution is -2.82. The Morgan fingerprint density at radius 2 is 0.537 bits per heavy atom. The van der Waals surface area contributed by atoms with Crippen molar-refractivity contribution in [2.75, 3.05) is 0 Å². The van der Waals surface area contributed by atoms with Crippen LogP contribution in [-0.2, 0) is 86.5 Å². The first-order valence-electron chi connectivity index (χ1n) is 34.0. The van der Waals surface area contributed by atoms with Crippen molar-refractivity contribution in [2.45, 2.75) is 171 Å². The second-order valence-electron chi connectivity index (χ2n) is 36.5. The molecule has 0 saturated carbocycles. The maximum absolute atomic E-state index is 14.3. The third-order valence-corrected chi connectivity index (χ3v) is 27.2. The van der Waals surface area contributed by atoms with Gasteiger partial charge in [-0.1, -0.05) is 0 Å². The van der Waals surface area contributed by atoms with Gasteiger partial charge in [-0.2, -0.15) is 10.4 Å². The first-order chi connectivity index (χ1) is 45.2. The average Bonchev–Trinajstić information content (AvgIpc) is 1.38. The highest BCUT2D eigenvalue weighted by atomic mass is 17.2. The Morgan fingerprint density at radius 3 is 0.895 bits per heavy atom. The monoisotopic (exact) mass is 1250 g/mol. The topological polar surface area (TPSA) is 163 Å². The predicted octanol–water partition coefficient (Wildman–Crippen LogP) is 18.0. The average molecular weight is 1250 g/mol. The number of hydroxylamine groups is 1. The van der Waals surface area contributed by atoms with Crippen LogP contribution in [0.3, 0.4) is 0 Å². The zero-order chi connectivity index (χ0) is 62.8. The maximum Gasteiger partial charge on any atom is 0.270 e. The van der Waals surface area contributed by atoms with E-state index in [2.05, 4.69) is 5.48 Å². The molecule has 3 N–H and O–H groups in total. The number of benzene rings is 15. The Labute approximate surface area is 531 Å². The zero-order valence-corrected chi connectivity index (χ0v) is 53.9. The first-order valence-corrected chi connectivity index (χ1v) is 34.0. The van der Waals surface area contributed by atoms with Crippen molar-refractivity contribution in [3.05, 3.63) is 66.8 Å². The molecule has 0 bridgehead atoms. The van der Waals surface area contributed by atoms with Crippen molar-refractivity contribution in [3.63, 3.8) is 0 Å². The highest BCUT2D eigenvalue weighted by Gasteiger charge is 2.94. The summed E-state index contributed by atoms with van der Waals surface area (Å²) in [5, 5.41) is 75.9. The first kappa shape index (κ1) is 47.5. The smallest absolute Gasteiger partial charge is 0.270 e. The molecule has 10 aliphatic rings. The van der Waals surface area contributed by atoms with Gasteiger partial charge in [0.15, 0.2) is 22.5 Å². The van der Waals surface area contributed by atoms with Crippen molar-refractivity contribution in [2.24, 2.45) is 5.92 Å². The van der Waals surface area contributed by atoms with Crippen molar-refractivity contribution in [1.82, 2.24) is 5.48 Å². The Kier molecular flexibility index (Phi) is 5.68. The van der Waals surface area contributed by atoms with Crippen LogP contribution in [0.4, 0.5) is 0 Å². The van der Waals surface area contributed by atoms with Crippen molar-refractivity contribution >= 4 is 215 Å². The van der Waals surface area contributed by atoms with E-state index in [1.807, 2.05) is 104 Å². The van der Waals surface area contributed by atoms with E-state index >= 15 is 0 Å². The summed E-state index contributed by atoms with van der Waals surface area (Å²) < 4.78 is 8.87. The third kappa shape index (κ3) is 3.27. The number of rotatable bonds is 12. The molecule has 1 aliphatic heterocycles. The van der Waals surface area contributed by atoms with Gasteiger partial charge in [-0.3, -0.25) is 0 Å². The Morgan fingerprint density at radius 1 is 0.295 bits per heavy atom. The normalized spacial score (nSPS) is 30.3. The van der Waals surface area contributed by atoms with E-state index in [0.717, 1.165) is 109 Å². The van der Waals surface area contributed by atoms with Gasteiger partial charge in [0.05, 0.1) is 33.9 Å². The minimum atomic E-state index is -2.71. The van der Waals surface area contributed by atoms with Gasteiger partial charge in [0.25, 0.3) is 5.79 Å². The molecular formula is C80H49NO14. The fraction of sp³-hybridized carbons (Fsp3) is 0.350. The summed E-state index contributed by atoms with van der Waals surface area (Å²) >= 11 is 0. The second kappa shape index (κ2) is 11.3. The number of ether oxygens (including phenoxy) is 1. The maximum atomic E-state index is 14.3. The third-order valence-electron chi connectivity index (χ3n) is 27.2. The lowest BCUT2D eigenvalue weighted by molar-refractivity contribution is -0.545. The van der Waals surface area contributed by atoms with Crippen LogP contribution in [0.15, 0.2) is 11.1 Å². The van der Waals surface area contributed by atoms with Crippen LogP contribution in [0.25, 0.3) is 215 Å². The standard InChI is InChI=1S/C80H49NO14/c1-69(2,3)86-91-74-56-46-36-26-21-16-17-19-20-18(16)23-30-28(21)38(36)48-50-40(30)42-32(23)34-25(20)35-33-24(19)31-29-22(17)27(26)37-39(29)49-51-41(31)43(33)53-55-45(35)44(34)54-52(42)62-60(50)75(58(48)56,92-87-70(4,5)6)67-66(74)68-76(93-88-71(7,8)9,59(49)57(74)47(37)46)61(51)63(53)78(95-90-73(13,14)15)65(55)64(54)77(62,94-89-72(10,11)12)79(67,81-82)84-80(68,78)85-83/h67,81-83H,1-15H3/t67-,74-,75+,76-,77+,78-,79-,80-/m0/s1. The van der Waals surface area contributed by atoms with Crippen LogP contribution in [0.2, 0.25) is 0 Å². The largest absolute Gasteiger partial charge is 0.314 e. The molecule has 0 saturated heterocycles. The summed E-state index contributed by atoms with van der Waals surface area (Å²) in [6, 6.07) is 0. The summed E-state index contributed by atoms with van der Waals surface area (Å²) in [4.78, 5) is 84.7. The van der Waals surface area contributed by atoms with E-state index in [-0.39, 0.29) is 0 Å². The van der Waals surface area contributed by atoms with E-state index in [9.17, 15) is 10.5 Å². The van der Waals surface area contributed by atoms with Gasteiger partial charge in [0.1, 0.15) is 0 Å². The minimum Gasteiger partial charge on any atom is -0.314 e. The molecule has 0 radical (unpaired) electrons. The summed E-state index contributed by atoms with van der Waals surface area (Å²) in [5.74, 6) is -4.10. The van der Waals surface area contributed by atoms with E-state index in [4.69, 9.17) is 58.5 Å². The van der Waals surface area contributed by atoms with Crippen LogP contribution >= 0.6 is 0 Å². The molecule has 0 spiro atoms. The molecule has 21 aromatic rings. The zero-order valence-electron chi connectivity index (χ0n) is 53.9. The van der Waals surface area contributed by atoms with Gasteiger partial charge in [-0.05, 0) is 325 Å². The molecule has 95 heavy (non-hydrogen) atoms. The molecule has 0 unspecified atom stereocenters. The van der Waals surface area contributed by atoms with Gasteiger partial charge < -0.3 is 9.94 Å². The quantitative estimate of drug-likeness (QED) is 0.0458. The number of hydrogen-bond donors (Lipinski definition) is 3. The van der Waals surface area contributed by atoms with Gasteiger partial charge >= 0.3 is 0 Å². The Hall–Kier alpha value is -7.36. The Balaban J connectivity index is 1.05. The summed E-state index contributed by atoms with van der Waals surface area (Å²) in [6.07, 6.45) is 0. The molecule has 0 amide bonds. The minimum absolute atomic E-state index is 0.293.